The first-order chi connectivity index (χ1) is 8.78. The molecule has 6 heteroatoms. The molecule has 2 rings (SSSR count). The lowest BCUT2D eigenvalue weighted by Crippen LogP contribution is -2.04. The van der Waals surface area contributed by atoms with Gasteiger partial charge in [0.25, 0.3) is 0 Å². The molecular formula is C12H14N6. The fourth-order valence-corrected chi connectivity index (χ4v) is 1.35. The number of rotatable bonds is 4. The first-order valence-corrected chi connectivity index (χ1v) is 5.52. The zero-order chi connectivity index (χ0) is 12.8. The lowest BCUT2D eigenvalue weighted by Gasteiger charge is -2.02. The van der Waals surface area contributed by atoms with Crippen molar-refractivity contribution >= 4 is 18.1 Å². The zero-order valence-electron chi connectivity index (χ0n) is 10.3. The van der Waals surface area contributed by atoms with Crippen molar-refractivity contribution in [3.63, 3.8) is 0 Å². The van der Waals surface area contributed by atoms with E-state index >= 15 is 0 Å². The fraction of sp³-hybridized carbons (Fsp3) is 0.167. The molecule has 0 aliphatic carbocycles. The second-order valence-corrected chi connectivity index (χ2v) is 3.56. The second-order valence-electron chi connectivity index (χ2n) is 3.56. The molecule has 0 amide bonds. The van der Waals surface area contributed by atoms with Gasteiger partial charge in [-0.25, -0.2) is 5.43 Å². The number of hydrogen-bond donors (Lipinski definition) is 2. The fourth-order valence-electron chi connectivity index (χ4n) is 1.35. The molecule has 1 aromatic carbocycles. The Balaban J connectivity index is 2.06. The van der Waals surface area contributed by atoms with Crippen molar-refractivity contribution in [3.8, 4) is 0 Å². The Morgan fingerprint density at radius 3 is 2.50 bits per heavy atom. The highest BCUT2D eigenvalue weighted by Gasteiger charge is 2.00. The maximum atomic E-state index is 4.13. The predicted octanol–water partition coefficient (Wildman–Crippen LogP) is 1.67. The van der Waals surface area contributed by atoms with Crippen molar-refractivity contribution < 1.29 is 0 Å². The van der Waals surface area contributed by atoms with Gasteiger partial charge >= 0.3 is 0 Å². The van der Waals surface area contributed by atoms with Gasteiger partial charge in [-0.2, -0.15) is 20.1 Å². The van der Waals surface area contributed by atoms with Gasteiger partial charge in [-0.1, -0.05) is 30.3 Å². The molecule has 0 saturated heterocycles. The van der Waals surface area contributed by atoms with Gasteiger partial charge < -0.3 is 5.32 Å². The molecule has 1 aromatic heterocycles. The summed E-state index contributed by atoms with van der Waals surface area (Å²) in [5.41, 5.74) is 3.78. The molecule has 2 N–H and O–H groups in total. The Hall–Kier alpha value is -2.50. The van der Waals surface area contributed by atoms with Crippen molar-refractivity contribution in [1.82, 2.24) is 15.0 Å². The molecule has 6 nitrogen and oxygen atoms in total. The zero-order valence-corrected chi connectivity index (χ0v) is 10.3. The second kappa shape index (κ2) is 5.72. The smallest absolute Gasteiger partial charge is 0.248 e. The summed E-state index contributed by atoms with van der Waals surface area (Å²) in [6, 6.07) is 9.78. The quantitative estimate of drug-likeness (QED) is 0.630. The van der Waals surface area contributed by atoms with E-state index in [1.54, 1.807) is 20.2 Å². The minimum atomic E-state index is 0.416. The molecule has 2 aromatic rings. The van der Waals surface area contributed by atoms with Gasteiger partial charge in [0.2, 0.25) is 11.9 Å². The normalized spacial score (nSPS) is 10.6. The van der Waals surface area contributed by atoms with Gasteiger partial charge in [0, 0.05) is 7.05 Å². The number of hydrazone groups is 1. The standard InChI is InChI=1S/C12H14N6/c1-9-15-11(13-2)17-12(16-9)18-14-8-10-6-4-3-5-7-10/h3-8H,1-2H3,(H2,13,15,16,17,18)/b14-8-. The average Bonchev–Trinajstić information content (AvgIpc) is 2.39. The number of hydrogen-bond acceptors (Lipinski definition) is 6. The third-order valence-corrected chi connectivity index (χ3v) is 2.15. The van der Waals surface area contributed by atoms with Crippen LogP contribution in [0.5, 0.6) is 0 Å². The summed E-state index contributed by atoms with van der Waals surface area (Å²) in [6.45, 7) is 1.80. The molecule has 0 aliphatic heterocycles. The van der Waals surface area contributed by atoms with E-state index < -0.39 is 0 Å². The van der Waals surface area contributed by atoms with Crippen LogP contribution in [0.4, 0.5) is 11.9 Å². The third-order valence-electron chi connectivity index (χ3n) is 2.15. The van der Waals surface area contributed by atoms with Crippen molar-refractivity contribution in [2.45, 2.75) is 6.92 Å². The van der Waals surface area contributed by atoms with Crippen molar-refractivity contribution in [1.29, 1.82) is 0 Å². The molecule has 0 unspecified atom stereocenters. The van der Waals surface area contributed by atoms with Crippen LogP contribution in [0.25, 0.3) is 0 Å². The van der Waals surface area contributed by atoms with Crippen LogP contribution < -0.4 is 10.7 Å². The SMILES string of the molecule is CNc1nc(C)nc(N/N=C\c2ccccc2)n1. The van der Waals surface area contributed by atoms with E-state index in [-0.39, 0.29) is 0 Å². The lowest BCUT2D eigenvalue weighted by atomic mass is 10.2. The molecule has 18 heavy (non-hydrogen) atoms. The van der Waals surface area contributed by atoms with E-state index in [1.165, 1.54) is 0 Å². The van der Waals surface area contributed by atoms with Crippen LogP contribution >= 0.6 is 0 Å². The molecular weight excluding hydrogens is 228 g/mol. The molecule has 0 aliphatic rings. The monoisotopic (exact) mass is 242 g/mol. The molecule has 0 bridgehead atoms. The third kappa shape index (κ3) is 3.24. The van der Waals surface area contributed by atoms with Crippen LogP contribution in [0, 0.1) is 6.92 Å². The van der Waals surface area contributed by atoms with Gasteiger partial charge in [-0.05, 0) is 12.5 Å². The highest BCUT2D eigenvalue weighted by atomic mass is 15.4. The maximum absolute atomic E-state index is 4.13. The number of aryl methyl sites for hydroxylation is 1. The highest BCUT2D eigenvalue weighted by Crippen LogP contribution is 2.04. The summed E-state index contributed by atoms with van der Waals surface area (Å²) < 4.78 is 0. The van der Waals surface area contributed by atoms with E-state index in [0.717, 1.165) is 5.56 Å². The van der Waals surface area contributed by atoms with E-state index in [4.69, 9.17) is 0 Å². The highest BCUT2D eigenvalue weighted by molar-refractivity contribution is 5.79. The van der Waals surface area contributed by atoms with Crippen molar-refractivity contribution in [3.05, 3.63) is 41.7 Å². The lowest BCUT2D eigenvalue weighted by molar-refractivity contribution is 0.971. The Morgan fingerprint density at radius 2 is 1.78 bits per heavy atom. The van der Waals surface area contributed by atoms with Crippen LogP contribution in [-0.4, -0.2) is 28.2 Å². The summed E-state index contributed by atoms with van der Waals surface area (Å²) in [6.07, 6.45) is 1.71. The molecule has 0 fully saturated rings. The van der Waals surface area contributed by atoms with Crippen molar-refractivity contribution in [2.24, 2.45) is 5.10 Å². The van der Waals surface area contributed by atoms with Crippen LogP contribution in [-0.2, 0) is 0 Å². The first kappa shape index (κ1) is 12.0. The number of aromatic nitrogens is 3. The Morgan fingerprint density at radius 1 is 1.06 bits per heavy atom. The van der Waals surface area contributed by atoms with E-state index in [2.05, 4.69) is 30.8 Å². The molecule has 0 atom stereocenters. The van der Waals surface area contributed by atoms with Gasteiger partial charge in [0.15, 0.2) is 0 Å². The Kier molecular flexibility index (Phi) is 3.80. The summed E-state index contributed by atoms with van der Waals surface area (Å²) >= 11 is 0. The predicted molar refractivity (Wildman–Crippen MR) is 71.8 cm³/mol. The molecule has 0 radical (unpaired) electrons. The van der Waals surface area contributed by atoms with Gasteiger partial charge in [0.05, 0.1) is 6.21 Å². The first-order valence-electron chi connectivity index (χ1n) is 5.52. The largest absolute Gasteiger partial charge is 0.357 e. The average molecular weight is 242 g/mol. The number of benzene rings is 1. The van der Waals surface area contributed by atoms with Gasteiger partial charge in [0.1, 0.15) is 5.82 Å². The van der Waals surface area contributed by atoms with Crippen LogP contribution in [0.2, 0.25) is 0 Å². The molecule has 92 valence electrons. The topological polar surface area (TPSA) is 75.1 Å². The summed E-state index contributed by atoms with van der Waals surface area (Å²) in [5.74, 6) is 1.56. The van der Waals surface area contributed by atoms with Crippen LogP contribution in [0.3, 0.4) is 0 Å². The minimum absolute atomic E-state index is 0.416. The van der Waals surface area contributed by atoms with Crippen LogP contribution in [0.15, 0.2) is 35.4 Å². The minimum Gasteiger partial charge on any atom is -0.357 e. The van der Waals surface area contributed by atoms with Gasteiger partial charge in [-0.15, -0.1) is 0 Å². The van der Waals surface area contributed by atoms with Crippen LogP contribution in [0.1, 0.15) is 11.4 Å². The summed E-state index contributed by atoms with van der Waals surface area (Å²) in [5, 5.41) is 6.94. The molecule has 0 saturated carbocycles. The Bertz CT molecular complexity index is 538. The number of nitrogens with one attached hydrogen (secondary N) is 2. The number of nitrogens with zero attached hydrogens (tertiary/aromatic N) is 4. The maximum Gasteiger partial charge on any atom is 0.248 e. The summed E-state index contributed by atoms with van der Waals surface area (Å²) in [7, 11) is 1.76. The van der Waals surface area contributed by atoms with E-state index in [0.29, 0.717) is 17.7 Å². The van der Waals surface area contributed by atoms with Gasteiger partial charge in [-0.3, -0.25) is 0 Å². The molecule has 1 heterocycles. The van der Waals surface area contributed by atoms with Crippen molar-refractivity contribution in [2.75, 3.05) is 17.8 Å². The van der Waals surface area contributed by atoms with E-state index in [1.807, 2.05) is 30.3 Å². The number of anilines is 2. The Labute approximate surface area is 105 Å². The summed E-state index contributed by atoms with van der Waals surface area (Å²) in [4.78, 5) is 12.3. The van der Waals surface area contributed by atoms with E-state index in [9.17, 15) is 0 Å². The molecule has 0 spiro atoms.